The number of fused-ring (bicyclic) bond motifs is 4. The van der Waals surface area contributed by atoms with Crippen molar-refractivity contribution in [3.63, 3.8) is 0 Å². The van der Waals surface area contributed by atoms with Gasteiger partial charge in [0.25, 0.3) is 0 Å². The van der Waals surface area contributed by atoms with E-state index in [1.165, 1.54) is 19.8 Å². The van der Waals surface area contributed by atoms with Gasteiger partial charge in [0, 0.05) is 25.9 Å². The molecule has 3 N–H and O–H groups in total. The van der Waals surface area contributed by atoms with Gasteiger partial charge in [-0.15, -0.1) is 0 Å². The van der Waals surface area contributed by atoms with E-state index in [1.807, 2.05) is 6.92 Å². The lowest BCUT2D eigenvalue weighted by Gasteiger charge is -2.64. The van der Waals surface area contributed by atoms with E-state index in [0.717, 1.165) is 38.5 Å². The lowest BCUT2D eigenvalue weighted by molar-refractivity contribution is -0.307. The molecule has 44 heavy (non-hydrogen) atoms. The van der Waals surface area contributed by atoms with Crippen LogP contribution in [-0.2, 0) is 28.5 Å². The summed E-state index contributed by atoms with van der Waals surface area (Å²) < 4.78 is 31.2. The first-order valence-electron chi connectivity index (χ1n) is 17.4. The summed E-state index contributed by atoms with van der Waals surface area (Å²) in [6, 6.07) is 0. The molecule has 9 heteroatoms. The van der Waals surface area contributed by atoms with Crippen LogP contribution in [0.2, 0.25) is 0 Å². The molecule has 2 spiro atoms. The SMILES string of the molecule is CCO[C@H]1C[C@@H](C)[C@H]2[C@H](C[C@@]3(C)[C@H]4C[C@H](OC(C)=O)[C@@H]5C(C)(C)[C@@H](O[C@@H]6OC[C@@H](O)[C@H](O)[C@H]6O)CC[C@@]56C[C@@]46CC[C@]23C)O1. The van der Waals surface area contributed by atoms with Gasteiger partial charge in [-0.2, -0.15) is 0 Å². The van der Waals surface area contributed by atoms with E-state index in [-0.39, 0.29) is 70.2 Å². The highest BCUT2D eigenvalue weighted by Gasteiger charge is 2.85. The number of hydrogen-bond acceptors (Lipinski definition) is 9. The molecule has 7 aliphatic rings. The Morgan fingerprint density at radius 2 is 1.73 bits per heavy atom. The first-order valence-corrected chi connectivity index (χ1v) is 17.4. The Morgan fingerprint density at radius 3 is 2.43 bits per heavy atom. The minimum absolute atomic E-state index is 0.0668. The normalized spacial score (nSPS) is 57.2. The molecule has 250 valence electrons. The van der Waals surface area contributed by atoms with Crippen LogP contribution in [0.5, 0.6) is 0 Å². The van der Waals surface area contributed by atoms with Crippen molar-refractivity contribution in [2.75, 3.05) is 13.2 Å². The van der Waals surface area contributed by atoms with E-state index in [0.29, 0.717) is 24.4 Å². The highest BCUT2D eigenvalue weighted by atomic mass is 16.7. The van der Waals surface area contributed by atoms with Crippen molar-refractivity contribution in [2.24, 2.45) is 50.7 Å². The standard InChI is InChI=1S/C35H56O9/c1-8-40-25-13-18(2)26-22(43-25)15-33(7)23-14-21(42-19(3)36)29-31(4,5)24(44-30-28(39)27(38)20(37)16-41-30)9-10-35(29)17-34(23,35)12-11-32(26,33)6/h18,20-30,37-39H,8-17H2,1-7H3/t18-,20-,21+,22+,23-,24+,25-,26+,27+,28-,29-,30+,32-,33+,34+,35-/m1/s1. The minimum Gasteiger partial charge on any atom is -0.462 e. The molecule has 0 amide bonds. The fraction of sp³-hybridized carbons (Fsp3) is 0.971. The van der Waals surface area contributed by atoms with Crippen LogP contribution in [-0.4, -0.2) is 83.7 Å². The van der Waals surface area contributed by atoms with Crippen LogP contribution in [0.15, 0.2) is 0 Å². The molecule has 0 unspecified atom stereocenters. The molecule has 2 saturated heterocycles. The Bertz CT molecular complexity index is 1150. The van der Waals surface area contributed by atoms with Gasteiger partial charge in [-0.25, -0.2) is 0 Å². The largest absolute Gasteiger partial charge is 0.462 e. The number of aliphatic hydroxyl groups excluding tert-OH is 3. The predicted octanol–water partition coefficient (Wildman–Crippen LogP) is 4.19. The molecule has 7 fully saturated rings. The third-order valence-electron chi connectivity index (χ3n) is 14.9. The smallest absolute Gasteiger partial charge is 0.302 e. The molecule has 2 aliphatic heterocycles. The zero-order valence-electron chi connectivity index (χ0n) is 27.8. The number of carbonyl (C=O) groups excluding carboxylic acids is 1. The van der Waals surface area contributed by atoms with Crippen molar-refractivity contribution >= 4 is 5.97 Å². The molecule has 0 radical (unpaired) electrons. The summed E-state index contributed by atoms with van der Waals surface area (Å²) in [5, 5.41) is 30.9. The summed E-state index contributed by atoms with van der Waals surface area (Å²) in [6.07, 6.45) is 2.98. The molecule has 5 saturated carbocycles. The van der Waals surface area contributed by atoms with Gasteiger partial charge in [0.05, 0.1) is 18.8 Å². The summed E-state index contributed by atoms with van der Waals surface area (Å²) >= 11 is 0. The van der Waals surface area contributed by atoms with E-state index in [2.05, 4.69) is 34.6 Å². The molecule has 16 atom stereocenters. The van der Waals surface area contributed by atoms with Crippen LogP contribution < -0.4 is 0 Å². The number of rotatable bonds is 5. The van der Waals surface area contributed by atoms with Gasteiger partial charge in [0.2, 0.25) is 0 Å². The predicted molar refractivity (Wildman–Crippen MR) is 160 cm³/mol. The zero-order valence-corrected chi connectivity index (χ0v) is 27.8. The topological polar surface area (TPSA) is 124 Å². The van der Waals surface area contributed by atoms with Crippen LogP contribution in [0.25, 0.3) is 0 Å². The maximum atomic E-state index is 12.7. The minimum atomic E-state index is -1.33. The molecule has 0 bridgehead atoms. The number of ether oxygens (including phenoxy) is 5. The van der Waals surface area contributed by atoms with Crippen LogP contribution in [0, 0.1) is 50.7 Å². The third-order valence-corrected chi connectivity index (χ3v) is 14.9. The highest BCUT2D eigenvalue weighted by molar-refractivity contribution is 5.66. The Labute approximate surface area is 262 Å². The molecule has 2 heterocycles. The maximum Gasteiger partial charge on any atom is 0.302 e. The average Bonchev–Trinajstić information content (AvgIpc) is 3.52. The van der Waals surface area contributed by atoms with Gasteiger partial charge in [-0.1, -0.05) is 34.6 Å². The zero-order chi connectivity index (χ0) is 31.6. The Balaban J connectivity index is 1.20. The molecule has 0 aromatic rings. The van der Waals surface area contributed by atoms with Gasteiger partial charge < -0.3 is 39.0 Å². The van der Waals surface area contributed by atoms with Crippen LogP contribution >= 0.6 is 0 Å². The van der Waals surface area contributed by atoms with Crippen LogP contribution in [0.3, 0.4) is 0 Å². The summed E-state index contributed by atoms with van der Waals surface area (Å²) in [5.41, 5.74) is 0.126. The van der Waals surface area contributed by atoms with Gasteiger partial charge in [0.1, 0.15) is 24.4 Å². The molecule has 9 nitrogen and oxygen atoms in total. The van der Waals surface area contributed by atoms with E-state index in [1.54, 1.807) is 0 Å². The van der Waals surface area contributed by atoms with Gasteiger partial charge >= 0.3 is 5.97 Å². The average molecular weight is 621 g/mol. The van der Waals surface area contributed by atoms with Crippen molar-refractivity contribution in [2.45, 2.75) is 149 Å². The van der Waals surface area contributed by atoms with Crippen molar-refractivity contribution in [3.05, 3.63) is 0 Å². The lowest BCUT2D eigenvalue weighted by Crippen LogP contribution is -2.63. The summed E-state index contributed by atoms with van der Waals surface area (Å²) in [5.74, 6) is 1.34. The van der Waals surface area contributed by atoms with Crippen molar-refractivity contribution in [1.82, 2.24) is 0 Å². The fourth-order valence-electron chi connectivity index (χ4n) is 13.2. The third kappa shape index (κ3) is 4.11. The number of aliphatic hydroxyl groups is 3. The maximum absolute atomic E-state index is 12.7. The van der Waals surface area contributed by atoms with E-state index in [9.17, 15) is 20.1 Å². The number of hydrogen-bond donors (Lipinski definition) is 3. The highest BCUT2D eigenvalue weighted by Crippen LogP contribution is 2.89. The fourth-order valence-corrected chi connectivity index (χ4v) is 13.2. The van der Waals surface area contributed by atoms with Crippen molar-refractivity contribution in [3.8, 4) is 0 Å². The van der Waals surface area contributed by atoms with E-state index >= 15 is 0 Å². The molecule has 5 aliphatic carbocycles. The van der Waals surface area contributed by atoms with Gasteiger partial charge in [-0.05, 0) is 96.7 Å². The number of esters is 1. The second-order valence-electron chi connectivity index (χ2n) is 17.0. The van der Waals surface area contributed by atoms with Crippen LogP contribution in [0.4, 0.5) is 0 Å². The summed E-state index contributed by atoms with van der Waals surface area (Å²) in [7, 11) is 0. The molecular formula is C35H56O9. The Kier molecular flexibility index (Phi) is 7.47. The monoisotopic (exact) mass is 620 g/mol. The first kappa shape index (κ1) is 31.8. The van der Waals surface area contributed by atoms with E-state index < -0.39 is 24.6 Å². The quantitative estimate of drug-likeness (QED) is 0.307. The van der Waals surface area contributed by atoms with Crippen molar-refractivity contribution in [1.29, 1.82) is 0 Å². The molecule has 0 aromatic heterocycles. The summed E-state index contributed by atoms with van der Waals surface area (Å²) in [6.45, 7) is 16.1. The van der Waals surface area contributed by atoms with Crippen molar-refractivity contribution < 1.29 is 43.8 Å². The Hall–Kier alpha value is -0.810. The Morgan fingerprint density at radius 1 is 0.977 bits per heavy atom. The summed E-state index contributed by atoms with van der Waals surface area (Å²) in [4.78, 5) is 12.7. The second-order valence-corrected chi connectivity index (χ2v) is 17.0. The first-order chi connectivity index (χ1) is 20.6. The second kappa shape index (κ2) is 10.3. The molecule has 0 aromatic carbocycles. The lowest BCUT2D eigenvalue weighted by atomic mass is 9.41. The van der Waals surface area contributed by atoms with Gasteiger partial charge in [-0.3, -0.25) is 4.79 Å². The van der Waals surface area contributed by atoms with E-state index in [4.69, 9.17) is 23.7 Å². The molecular weight excluding hydrogens is 564 g/mol. The number of carbonyl (C=O) groups is 1. The molecule has 7 rings (SSSR count). The van der Waals surface area contributed by atoms with Crippen LogP contribution in [0.1, 0.15) is 99.8 Å². The van der Waals surface area contributed by atoms with Gasteiger partial charge in [0.15, 0.2) is 12.6 Å².